The van der Waals surface area contributed by atoms with Crippen LogP contribution in [0.3, 0.4) is 0 Å². The molecule has 4 rings (SSSR count). The standard InChI is InChI=1S/C35H42N4O7/c1-7-45-32(41)17-14-24-13-16-28-29(20-24)39(34(43)46-35(3,4)5)19-18-38(28)31(40)22-25-12-15-27(30(21-25)44-6)37-33(42)36-26-11-9-8-10-23(26)2/h8-13,15-16,20-21H,7,14,17-19,22H2,1-6H3,(H2,36,37,42). The summed E-state index contributed by atoms with van der Waals surface area (Å²) in [6, 6.07) is 17.7. The lowest BCUT2D eigenvalue weighted by molar-refractivity contribution is -0.143. The maximum atomic E-state index is 13.7. The molecule has 244 valence electrons. The molecule has 0 unspecified atom stereocenters. The smallest absolute Gasteiger partial charge is 0.414 e. The molecule has 1 heterocycles. The lowest BCUT2D eigenvalue weighted by Gasteiger charge is -2.37. The van der Waals surface area contributed by atoms with Gasteiger partial charge in [0.15, 0.2) is 0 Å². The molecule has 1 aliphatic rings. The van der Waals surface area contributed by atoms with Crippen LogP contribution in [0.4, 0.5) is 32.3 Å². The maximum absolute atomic E-state index is 13.7. The van der Waals surface area contributed by atoms with Gasteiger partial charge in [-0.15, -0.1) is 0 Å². The number of benzene rings is 3. The van der Waals surface area contributed by atoms with E-state index in [1.165, 1.54) is 12.0 Å². The van der Waals surface area contributed by atoms with Crippen LogP contribution in [0.1, 0.15) is 50.8 Å². The molecule has 4 amide bonds. The second-order valence-electron chi connectivity index (χ2n) is 11.9. The largest absolute Gasteiger partial charge is 0.495 e. The molecule has 3 aromatic rings. The number of fused-ring (bicyclic) bond motifs is 1. The van der Waals surface area contributed by atoms with Gasteiger partial charge in [-0.3, -0.25) is 14.5 Å². The second kappa shape index (κ2) is 14.8. The zero-order valence-electron chi connectivity index (χ0n) is 27.3. The van der Waals surface area contributed by atoms with Gasteiger partial charge in [0.1, 0.15) is 11.4 Å². The van der Waals surface area contributed by atoms with E-state index in [1.54, 1.807) is 56.9 Å². The number of methoxy groups -OCH3 is 1. The number of hydrogen-bond donors (Lipinski definition) is 2. The zero-order chi connectivity index (χ0) is 33.4. The minimum atomic E-state index is -0.701. The number of ether oxygens (including phenoxy) is 3. The molecule has 11 heteroatoms. The van der Waals surface area contributed by atoms with Crippen molar-refractivity contribution in [3.05, 3.63) is 77.4 Å². The number of aryl methyl sites for hydroxylation is 2. The summed E-state index contributed by atoms with van der Waals surface area (Å²) in [5.74, 6) is -0.0689. The average Bonchev–Trinajstić information content (AvgIpc) is 3.00. The summed E-state index contributed by atoms with van der Waals surface area (Å²) in [4.78, 5) is 54.7. The molecule has 0 fully saturated rings. The highest BCUT2D eigenvalue weighted by Crippen LogP contribution is 2.36. The molecular weight excluding hydrogens is 588 g/mol. The fourth-order valence-corrected chi connectivity index (χ4v) is 5.06. The van der Waals surface area contributed by atoms with Crippen molar-refractivity contribution in [2.75, 3.05) is 47.2 Å². The number of anilines is 4. The summed E-state index contributed by atoms with van der Waals surface area (Å²) in [6.07, 6.45) is 0.165. The van der Waals surface area contributed by atoms with E-state index in [-0.39, 0.29) is 37.8 Å². The number of urea groups is 1. The van der Waals surface area contributed by atoms with Crippen molar-refractivity contribution < 1.29 is 33.4 Å². The SMILES string of the molecule is CCOC(=O)CCc1ccc2c(c1)N(C(=O)OC(C)(C)C)CCN2C(=O)Cc1ccc(NC(=O)Nc2ccccc2C)c(OC)c1. The van der Waals surface area contributed by atoms with Gasteiger partial charge in [-0.05, 0) is 88.1 Å². The molecule has 0 saturated carbocycles. The van der Waals surface area contributed by atoms with E-state index in [2.05, 4.69) is 10.6 Å². The van der Waals surface area contributed by atoms with Crippen molar-refractivity contribution in [1.29, 1.82) is 0 Å². The van der Waals surface area contributed by atoms with Crippen LogP contribution in [0.15, 0.2) is 60.7 Å². The van der Waals surface area contributed by atoms with Gasteiger partial charge in [0.25, 0.3) is 0 Å². The summed E-state index contributed by atoms with van der Waals surface area (Å²) in [6.45, 7) is 9.87. The zero-order valence-corrected chi connectivity index (χ0v) is 27.3. The van der Waals surface area contributed by atoms with E-state index < -0.39 is 17.7 Å². The lowest BCUT2D eigenvalue weighted by atomic mass is 10.0. The van der Waals surface area contributed by atoms with Crippen LogP contribution in [0, 0.1) is 6.92 Å². The number of hydrogen-bond acceptors (Lipinski definition) is 7. The number of amides is 4. The monoisotopic (exact) mass is 630 g/mol. The van der Waals surface area contributed by atoms with Crippen LogP contribution in [-0.2, 0) is 31.9 Å². The van der Waals surface area contributed by atoms with Crippen LogP contribution < -0.4 is 25.2 Å². The third-order valence-electron chi connectivity index (χ3n) is 7.27. The number of carbonyl (C=O) groups excluding carboxylic acids is 4. The van der Waals surface area contributed by atoms with Gasteiger partial charge in [-0.2, -0.15) is 0 Å². The highest BCUT2D eigenvalue weighted by Gasteiger charge is 2.33. The average molecular weight is 631 g/mol. The fourth-order valence-electron chi connectivity index (χ4n) is 5.06. The first kappa shape index (κ1) is 33.8. The Bertz CT molecular complexity index is 1600. The number of rotatable bonds is 9. The van der Waals surface area contributed by atoms with Crippen molar-refractivity contribution in [3.63, 3.8) is 0 Å². The van der Waals surface area contributed by atoms with Gasteiger partial charge in [0.05, 0.1) is 37.2 Å². The molecule has 0 radical (unpaired) electrons. The Morgan fingerprint density at radius 2 is 1.54 bits per heavy atom. The number of carbonyl (C=O) groups is 4. The molecule has 11 nitrogen and oxygen atoms in total. The summed E-state index contributed by atoms with van der Waals surface area (Å²) in [7, 11) is 1.50. The maximum Gasteiger partial charge on any atom is 0.414 e. The van der Waals surface area contributed by atoms with E-state index in [0.717, 1.165) is 11.1 Å². The molecule has 46 heavy (non-hydrogen) atoms. The Kier molecular flexibility index (Phi) is 10.9. The van der Waals surface area contributed by atoms with Crippen LogP contribution >= 0.6 is 0 Å². The molecule has 0 saturated heterocycles. The fraction of sp³-hybridized carbons (Fsp3) is 0.371. The molecule has 0 atom stereocenters. The Morgan fingerprint density at radius 1 is 0.848 bits per heavy atom. The van der Waals surface area contributed by atoms with Crippen molar-refractivity contribution in [3.8, 4) is 5.75 Å². The van der Waals surface area contributed by atoms with Gasteiger partial charge >= 0.3 is 18.1 Å². The van der Waals surface area contributed by atoms with Crippen LogP contribution in [0.25, 0.3) is 0 Å². The van der Waals surface area contributed by atoms with Crippen LogP contribution in [-0.4, -0.2) is 56.4 Å². The Labute approximate surface area is 269 Å². The van der Waals surface area contributed by atoms with Gasteiger partial charge in [0, 0.05) is 25.2 Å². The first-order valence-corrected chi connectivity index (χ1v) is 15.3. The molecule has 1 aliphatic heterocycles. The third-order valence-corrected chi connectivity index (χ3v) is 7.27. The highest BCUT2D eigenvalue weighted by atomic mass is 16.6. The van der Waals surface area contributed by atoms with Gasteiger partial charge in [0.2, 0.25) is 5.91 Å². The summed E-state index contributed by atoms with van der Waals surface area (Å²) in [5, 5.41) is 5.64. The van der Waals surface area contributed by atoms with Crippen molar-refractivity contribution in [2.45, 2.75) is 59.5 Å². The Balaban J connectivity index is 1.52. The van der Waals surface area contributed by atoms with Gasteiger partial charge < -0.3 is 29.7 Å². The molecular formula is C35H42N4O7. The Hall–Kier alpha value is -5.06. The molecule has 0 spiro atoms. The van der Waals surface area contributed by atoms with Crippen LogP contribution in [0.5, 0.6) is 5.75 Å². The Morgan fingerprint density at radius 3 is 2.24 bits per heavy atom. The van der Waals surface area contributed by atoms with E-state index in [9.17, 15) is 19.2 Å². The topological polar surface area (TPSA) is 127 Å². The van der Waals surface area contributed by atoms with Crippen LogP contribution in [0.2, 0.25) is 0 Å². The number of para-hydroxylation sites is 1. The lowest BCUT2D eigenvalue weighted by Crippen LogP contribution is -2.48. The minimum absolute atomic E-state index is 0.0581. The van der Waals surface area contributed by atoms with Crippen molar-refractivity contribution in [1.82, 2.24) is 0 Å². The molecule has 0 bridgehead atoms. The second-order valence-corrected chi connectivity index (χ2v) is 11.9. The summed E-state index contributed by atoms with van der Waals surface area (Å²) in [5.41, 5.74) is 4.00. The molecule has 0 aromatic heterocycles. The number of esters is 1. The first-order chi connectivity index (χ1) is 21.9. The van der Waals surface area contributed by atoms with E-state index in [0.29, 0.717) is 47.1 Å². The quantitative estimate of drug-likeness (QED) is 0.259. The summed E-state index contributed by atoms with van der Waals surface area (Å²) < 4.78 is 16.3. The van der Waals surface area contributed by atoms with Gasteiger partial charge in [-0.25, -0.2) is 9.59 Å². The van der Waals surface area contributed by atoms with Crippen molar-refractivity contribution in [2.24, 2.45) is 0 Å². The molecule has 0 aliphatic carbocycles. The number of nitrogens with zero attached hydrogens (tertiary/aromatic N) is 2. The first-order valence-electron chi connectivity index (χ1n) is 15.3. The summed E-state index contributed by atoms with van der Waals surface area (Å²) >= 11 is 0. The van der Waals surface area contributed by atoms with Gasteiger partial charge in [-0.1, -0.05) is 30.3 Å². The predicted molar refractivity (Wildman–Crippen MR) is 178 cm³/mol. The van der Waals surface area contributed by atoms with Crippen molar-refractivity contribution >= 4 is 46.8 Å². The number of nitrogens with one attached hydrogen (secondary N) is 2. The highest BCUT2D eigenvalue weighted by molar-refractivity contribution is 6.04. The predicted octanol–water partition coefficient (Wildman–Crippen LogP) is 6.47. The third kappa shape index (κ3) is 8.77. The molecule has 2 N–H and O–H groups in total. The molecule has 3 aromatic carbocycles. The van der Waals surface area contributed by atoms with E-state index >= 15 is 0 Å². The minimum Gasteiger partial charge on any atom is -0.495 e. The van der Waals surface area contributed by atoms with E-state index in [4.69, 9.17) is 14.2 Å². The van der Waals surface area contributed by atoms with E-state index in [1.807, 2.05) is 43.3 Å². The normalized spacial score (nSPS) is 12.6.